The second-order valence-electron chi connectivity index (χ2n) is 5.69. The van der Waals surface area contributed by atoms with E-state index >= 15 is 0 Å². The quantitative estimate of drug-likeness (QED) is 0.845. The summed E-state index contributed by atoms with van der Waals surface area (Å²) in [5, 5.41) is 0. The number of hydrogen-bond donors (Lipinski definition) is 1. The lowest BCUT2D eigenvalue weighted by molar-refractivity contribution is -0.132. The van der Waals surface area contributed by atoms with Gasteiger partial charge in [-0.15, -0.1) is 0 Å². The first-order valence-electron chi connectivity index (χ1n) is 7.78. The van der Waals surface area contributed by atoms with Gasteiger partial charge in [-0.05, 0) is 25.0 Å². The number of nitrogens with zero attached hydrogens (tertiary/aromatic N) is 3. The Morgan fingerprint density at radius 1 is 1.43 bits per heavy atom. The van der Waals surface area contributed by atoms with Crippen molar-refractivity contribution in [2.45, 2.75) is 31.7 Å². The number of rotatable bonds is 6. The number of carbonyl (C=O) groups excluding carboxylic acids is 1. The van der Waals surface area contributed by atoms with Crippen LogP contribution in [-0.4, -0.2) is 60.0 Å². The number of aromatic nitrogens is 1. The Morgan fingerprint density at radius 2 is 2.19 bits per heavy atom. The van der Waals surface area contributed by atoms with Crippen LogP contribution in [0.2, 0.25) is 0 Å². The van der Waals surface area contributed by atoms with Gasteiger partial charge in [-0.25, -0.2) is 0 Å². The van der Waals surface area contributed by atoms with Crippen molar-refractivity contribution in [2.75, 3.05) is 33.2 Å². The molecule has 21 heavy (non-hydrogen) atoms. The number of piperidine rings is 1. The van der Waals surface area contributed by atoms with Crippen LogP contribution < -0.4 is 5.73 Å². The van der Waals surface area contributed by atoms with E-state index in [9.17, 15) is 4.79 Å². The van der Waals surface area contributed by atoms with Gasteiger partial charge >= 0.3 is 0 Å². The van der Waals surface area contributed by atoms with Crippen LogP contribution in [0.15, 0.2) is 24.4 Å². The molecular weight excluding hydrogens is 264 g/mol. The van der Waals surface area contributed by atoms with E-state index in [0.29, 0.717) is 19.0 Å². The van der Waals surface area contributed by atoms with E-state index in [4.69, 9.17) is 5.73 Å². The topological polar surface area (TPSA) is 62.5 Å². The van der Waals surface area contributed by atoms with Gasteiger partial charge in [-0.1, -0.05) is 6.07 Å². The highest BCUT2D eigenvalue weighted by Gasteiger charge is 2.24. The van der Waals surface area contributed by atoms with E-state index in [1.165, 1.54) is 0 Å². The van der Waals surface area contributed by atoms with Crippen LogP contribution in [0, 0.1) is 0 Å². The minimum absolute atomic E-state index is 0.171. The summed E-state index contributed by atoms with van der Waals surface area (Å²) < 4.78 is 0. The van der Waals surface area contributed by atoms with Crippen molar-refractivity contribution in [3.05, 3.63) is 30.1 Å². The maximum Gasteiger partial charge on any atom is 0.223 e. The van der Waals surface area contributed by atoms with Gasteiger partial charge in [0.1, 0.15) is 0 Å². The maximum absolute atomic E-state index is 11.9. The van der Waals surface area contributed by atoms with E-state index in [0.717, 1.165) is 44.6 Å². The van der Waals surface area contributed by atoms with Crippen molar-refractivity contribution >= 4 is 5.91 Å². The molecule has 0 spiro atoms. The predicted octanol–water partition coefficient (Wildman–Crippen LogP) is 0.896. The van der Waals surface area contributed by atoms with Gasteiger partial charge in [0.2, 0.25) is 5.91 Å². The van der Waals surface area contributed by atoms with Crippen LogP contribution in [0.4, 0.5) is 0 Å². The van der Waals surface area contributed by atoms with E-state index in [-0.39, 0.29) is 5.91 Å². The Bertz CT molecular complexity index is 429. The highest BCUT2D eigenvalue weighted by atomic mass is 16.2. The molecule has 1 aromatic rings. The van der Waals surface area contributed by atoms with E-state index < -0.39 is 0 Å². The third-order valence-corrected chi connectivity index (χ3v) is 4.27. The molecule has 1 amide bonds. The van der Waals surface area contributed by atoms with Crippen molar-refractivity contribution in [3.8, 4) is 0 Å². The van der Waals surface area contributed by atoms with Gasteiger partial charge in [0.15, 0.2) is 0 Å². The number of hydrogen-bond acceptors (Lipinski definition) is 4. The fourth-order valence-corrected chi connectivity index (χ4v) is 2.85. The third kappa shape index (κ3) is 4.79. The molecule has 5 heteroatoms. The summed E-state index contributed by atoms with van der Waals surface area (Å²) in [6.07, 6.45) is 5.40. The summed E-state index contributed by atoms with van der Waals surface area (Å²) in [5.74, 6) is 0.171. The van der Waals surface area contributed by atoms with Gasteiger partial charge in [0.25, 0.3) is 0 Å². The van der Waals surface area contributed by atoms with Crippen LogP contribution in [0.1, 0.15) is 25.0 Å². The molecule has 1 aliphatic heterocycles. The molecular formula is C16H26N4O. The predicted molar refractivity (Wildman–Crippen MR) is 83.8 cm³/mol. The molecule has 0 radical (unpaired) electrons. The number of pyridine rings is 1. The molecule has 1 aromatic heterocycles. The molecule has 2 heterocycles. The van der Waals surface area contributed by atoms with Crippen molar-refractivity contribution < 1.29 is 4.79 Å². The second kappa shape index (κ2) is 8.10. The number of amides is 1. The first kappa shape index (κ1) is 15.9. The molecule has 5 nitrogen and oxygen atoms in total. The van der Waals surface area contributed by atoms with Gasteiger partial charge in [0, 0.05) is 64.0 Å². The molecule has 1 saturated heterocycles. The van der Waals surface area contributed by atoms with Crippen molar-refractivity contribution in [1.29, 1.82) is 0 Å². The Labute approximate surface area is 127 Å². The maximum atomic E-state index is 11.9. The lowest BCUT2D eigenvalue weighted by Gasteiger charge is -2.36. The summed E-state index contributed by atoms with van der Waals surface area (Å²) in [6, 6.07) is 6.43. The van der Waals surface area contributed by atoms with Crippen LogP contribution in [0.5, 0.6) is 0 Å². The molecule has 0 unspecified atom stereocenters. The lowest BCUT2D eigenvalue weighted by Crippen LogP contribution is -2.46. The minimum atomic E-state index is 0.171. The Morgan fingerprint density at radius 3 is 2.81 bits per heavy atom. The molecule has 0 saturated carbocycles. The summed E-state index contributed by atoms with van der Waals surface area (Å²) >= 11 is 0. The summed E-state index contributed by atoms with van der Waals surface area (Å²) in [5.41, 5.74) is 6.60. The zero-order valence-electron chi connectivity index (χ0n) is 12.9. The standard InChI is InChI=1S/C16H26N4O/c1-19(16(21)5-9-17)15-7-12-20(13-8-15)11-6-14-4-2-3-10-18-14/h2-4,10,15H,5-9,11-13,17H2,1H3. The van der Waals surface area contributed by atoms with Crippen LogP contribution in [-0.2, 0) is 11.2 Å². The van der Waals surface area contributed by atoms with Gasteiger partial charge < -0.3 is 15.5 Å². The molecule has 1 fully saturated rings. The first-order chi connectivity index (χ1) is 10.2. The smallest absolute Gasteiger partial charge is 0.223 e. The van der Waals surface area contributed by atoms with Crippen molar-refractivity contribution in [1.82, 2.24) is 14.8 Å². The Balaban J connectivity index is 1.72. The SMILES string of the molecule is CN(C(=O)CCN)C1CCN(CCc2ccccn2)CC1. The van der Waals surface area contributed by atoms with Gasteiger partial charge in [-0.2, -0.15) is 0 Å². The van der Waals surface area contributed by atoms with E-state index in [1.807, 2.05) is 30.3 Å². The third-order valence-electron chi connectivity index (χ3n) is 4.27. The fraction of sp³-hybridized carbons (Fsp3) is 0.625. The van der Waals surface area contributed by atoms with E-state index in [2.05, 4.69) is 16.0 Å². The van der Waals surface area contributed by atoms with Crippen molar-refractivity contribution in [3.63, 3.8) is 0 Å². The molecule has 0 aromatic carbocycles. The molecule has 0 aliphatic carbocycles. The lowest BCUT2D eigenvalue weighted by atomic mass is 10.0. The summed E-state index contributed by atoms with van der Waals surface area (Å²) in [4.78, 5) is 20.6. The molecule has 116 valence electrons. The molecule has 1 aliphatic rings. The molecule has 0 atom stereocenters. The average Bonchev–Trinajstić information content (AvgIpc) is 2.54. The number of carbonyl (C=O) groups is 1. The van der Waals surface area contributed by atoms with Gasteiger partial charge in [-0.3, -0.25) is 9.78 Å². The molecule has 2 N–H and O–H groups in total. The fourth-order valence-electron chi connectivity index (χ4n) is 2.85. The average molecular weight is 290 g/mol. The zero-order chi connectivity index (χ0) is 15.1. The summed E-state index contributed by atoms with van der Waals surface area (Å²) in [6.45, 7) is 3.59. The highest BCUT2D eigenvalue weighted by molar-refractivity contribution is 5.76. The van der Waals surface area contributed by atoms with Crippen LogP contribution in [0.25, 0.3) is 0 Å². The zero-order valence-corrected chi connectivity index (χ0v) is 12.9. The Kier molecular flexibility index (Phi) is 6.14. The normalized spacial score (nSPS) is 16.9. The van der Waals surface area contributed by atoms with Gasteiger partial charge in [0.05, 0.1) is 0 Å². The number of likely N-dealkylation sites (tertiary alicyclic amines) is 1. The Hall–Kier alpha value is -1.46. The van der Waals surface area contributed by atoms with E-state index in [1.54, 1.807) is 0 Å². The monoisotopic (exact) mass is 290 g/mol. The van der Waals surface area contributed by atoms with Crippen LogP contribution >= 0.6 is 0 Å². The first-order valence-corrected chi connectivity index (χ1v) is 7.78. The minimum Gasteiger partial charge on any atom is -0.343 e. The van der Waals surface area contributed by atoms with Crippen LogP contribution in [0.3, 0.4) is 0 Å². The summed E-state index contributed by atoms with van der Waals surface area (Å²) in [7, 11) is 1.91. The highest BCUT2D eigenvalue weighted by Crippen LogP contribution is 2.16. The van der Waals surface area contributed by atoms with Crippen molar-refractivity contribution in [2.24, 2.45) is 5.73 Å². The molecule has 0 bridgehead atoms. The largest absolute Gasteiger partial charge is 0.343 e. The molecule has 2 rings (SSSR count). The number of nitrogens with two attached hydrogens (primary N) is 1. The second-order valence-corrected chi connectivity index (χ2v) is 5.69.